The van der Waals surface area contributed by atoms with Gasteiger partial charge in [-0.1, -0.05) is 15.9 Å². The van der Waals surface area contributed by atoms with Crippen molar-refractivity contribution in [1.82, 2.24) is 15.0 Å². The van der Waals surface area contributed by atoms with Crippen molar-refractivity contribution in [2.24, 2.45) is 0 Å². The average Bonchev–Trinajstić information content (AvgIpc) is 2.58. The molecule has 0 amide bonds. The van der Waals surface area contributed by atoms with E-state index in [4.69, 9.17) is 0 Å². The van der Waals surface area contributed by atoms with Crippen LogP contribution in [-0.4, -0.2) is 22.0 Å². The van der Waals surface area contributed by atoms with Crippen LogP contribution in [0.25, 0.3) is 11.3 Å². The van der Waals surface area contributed by atoms with E-state index in [2.05, 4.69) is 54.5 Å². The Morgan fingerprint density at radius 1 is 1.09 bits per heavy atom. The van der Waals surface area contributed by atoms with Crippen LogP contribution in [0.1, 0.15) is 5.56 Å². The van der Waals surface area contributed by atoms with Gasteiger partial charge in [0, 0.05) is 41.2 Å². The Morgan fingerprint density at radius 2 is 1.96 bits per heavy atom. The van der Waals surface area contributed by atoms with Crippen molar-refractivity contribution < 1.29 is 0 Å². The van der Waals surface area contributed by atoms with Crippen LogP contribution < -0.4 is 10.6 Å². The zero-order valence-electron chi connectivity index (χ0n) is 12.8. The Balaban J connectivity index is 1.99. The largest absolute Gasteiger partial charge is 0.357 e. The van der Waals surface area contributed by atoms with Crippen LogP contribution in [0.3, 0.4) is 0 Å². The maximum absolute atomic E-state index is 4.49. The molecule has 0 radical (unpaired) electrons. The summed E-state index contributed by atoms with van der Waals surface area (Å²) in [5.41, 5.74) is 3.90. The normalized spacial score (nSPS) is 10.4. The minimum atomic E-state index is 0.559. The predicted molar refractivity (Wildman–Crippen MR) is 97.0 cm³/mol. The first-order valence-corrected chi connectivity index (χ1v) is 7.95. The molecule has 0 saturated carbocycles. The van der Waals surface area contributed by atoms with Gasteiger partial charge in [0.05, 0.1) is 5.69 Å². The fraction of sp³-hybridized carbons (Fsp3) is 0.118. The van der Waals surface area contributed by atoms with Crippen LogP contribution in [0.2, 0.25) is 0 Å². The lowest BCUT2D eigenvalue weighted by Gasteiger charge is -2.12. The molecule has 3 rings (SSSR count). The molecule has 116 valence electrons. The summed E-state index contributed by atoms with van der Waals surface area (Å²) in [6.07, 6.45) is 3.53. The summed E-state index contributed by atoms with van der Waals surface area (Å²) in [6.45, 7) is 2.05. The molecule has 6 heteroatoms. The first-order valence-electron chi connectivity index (χ1n) is 7.16. The van der Waals surface area contributed by atoms with Crippen molar-refractivity contribution in [2.75, 3.05) is 17.7 Å². The van der Waals surface area contributed by atoms with Gasteiger partial charge in [-0.15, -0.1) is 0 Å². The molecule has 0 atom stereocenters. The van der Waals surface area contributed by atoms with Crippen LogP contribution in [0.15, 0.2) is 53.3 Å². The highest BCUT2D eigenvalue weighted by Gasteiger charge is 2.07. The van der Waals surface area contributed by atoms with Crippen molar-refractivity contribution >= 4 is 33.4 Å². The third-order valence-electron chi connectivity index (χ3n) is 3.36. The van der Waals surface area contributed by atoms with Crippen LogP contribution >= 0.6 is 15.9 Å². The van der Waals surface area contributed by atoms with Crippen molar-refractivity contribution in [1.29, 1.82) is 0 Å². The van der Waals surface area contributed by atoms with Gasteiger partial charge in [0.1, 0.15) is 5.82 Å². The van der Waals surface area contributed by atoms with Gasteiger partial charge >= 0.3 is 0 Å². The first-order chi connectivity index (χ1) is 11.2. The van der Waals surface area contributed by atoms with Crippen LogP contribution in [-0.2, 0) is 0 Å². The van der Waals surface area contributed by atoms with Gasteiger partial charge in [-0.3, -0.25) is 4.98 Å². The Kier molecular flexibility index (Phi) is 4.52. The summed E-state index contributed by atoms with van der Waals surface area (Å²) in [4.78, 5) is 13.1. The Labute approximate surface area is 143 Å². The third-order valence-corrected chi connectivity index (χ3v) is 3.85. The summed E-state index contributed by atoms with van der Waals surface area (Å²) >= 11 is 3.48. The lowest BCUT2D eigenvalue weighted by Crippen LogP contribution is -2.03. The van der Waals surface area contributed by atoms with Crippen molar-refractivity contribution in [3.05, 3.63) is 58.8 Å². The maximum atomic E-state index is 4.49. The Hall–Kier alpha value is -2.47. The molecule has 2 heterocycles. The molecule has 23 heavy (non-hydrogen) atoms. The molecule has 2 aromatic heterocycles. The van der Waals surface area contributed by atoms with Gasteiger partial charge in [0.2, 0.25) is 5.95 Å². The summed E-state index contributed by atoms with van der Waals surface area (Å²) in [5.74, 6) is 1.29. The van der Waals surface area contributed by atoms with Gasteiger partial charge in [0.25, 0.3) is 0 Å². The molecule has 0 aliphatic rings. The Bertz CT molecular complexity index is 820. The van der Waals surface area contributed by atoms with E-state index in [1.54, 1.807) is 19.4 Å². The number of anilines is 3. The molecule has 0 spiro atoms. The number of hydrogen-bond donors (Lipinski definition) is 2. The molecule has 0 bridgehead atoms. The average molecular weight is 370 g/mol. The number of rotatable bonds is 4. The molecule has 1 aromatic carbocycles. The zero-order chi connectivity index (χ0) is 16.2. The summed E-state index contributed by atoms with van der Waals surface area (Å²) in [7, 11) is 1.80. The predicted octanol–water partition coefficient (Wildman–Crippen LogP) is 4.39. The minimum Gasteiger partial charge on any atom is -0.357 e. The van der Waals surface area contributed by atoms with E-state index >= 15 is 0 Å². The van der Waals surface area contributed by atoms with Gasteiger partial charge < -0.3 is 10.6 Å². The van der Waals surface area contributed by atoms with E-state index in [-0.39, 0.29) is 0 Å². The molecular formula is C17H16BrN5. The summed E-state index contributed by atoms with van der Waals surface area (Å²) in [6, 6.07) is 11.9. The minimum absolute atomic E-state index is 0.559. The molecule has 0 saturated heterocycles. The molecule has 0 fully saturated rings. The van der Waals surface area contributed by atoms with Crippen LogP contribution in [0, 0.1) is 6.92 Å². The Morgan fingerprint density at radius 3 is 2.65 bits per heavy atom. The number of nitrogens with zero attached hydrogens (tertiary/aromatic N) is 3. The second-order valence-corrected chi connectivity index (χ2v) is 5.95. The molecule has 2 N–H and O–H groups in total. The lowest BCUT2D eigenvalue weighted by atomic mass is 10.2. The van der Waals surface area contributed by atoms with Gasteiger partial charge in [-0.2, -0.15) is 4.98 Å². The van der Waals surface area contributed by atoms with Crippen molar-refractivity contribution in [2.45, 2.75) is 6.92 Å². The highest BCUT2D eigenvalue weighted by Crippen LogP contribution is 2.26. The second kappa shape index (κ2) is 6.75. The van der Waals surface area contributed by atoms with E-state index in [0.717, 1.165) is 32.8 Å². The van der Waals surface area contributed by atoms with Gasteiger partial charge in [0.15, 0.2) is 0 Å². The first kappa shape index (κ1) is 15.4. The van der Waals surface area contributed by atoms with Gasteiger partial charge in [-0.25, -0.2) is 4.98 Å². The van der Waals surface area contributed by atoms with Crippen LogP contribution in [0.5, 0.6) is 0 Å². The van der Waals surface area contributed by atoms with E-state index in [1.807, 2.05) is 30.3 Å². The molecule has 5 nitrogen and oxygen atoms in total. The third kappa shape index (κ3) is 3.65. The summed E-state index contributed by atoms with van der Waals surface area (Å²) < 4.78 is 1.05. The smallest absolute Gasteiger partial charge is 0.224 e. The standard InChI is InChI=1S/C17H16BrN5/c1-11-8-13(18)5-6-14(11)21-16-9-15(22-17(19-2)23-16)12-4-3-7-20-10-12/h3-10H,1-2H3,(H2,19,21,22,23). The van der Waals surface area contributed by atoms with Crippen LogP contribution in [0.4, 0.5) is 17.5 Å². The number of aryl methyl sites for hydroxylation is 1. The zero-order valence-corrected chi connectivity index (χ0v) is 14.4. The summed E-state index contributed by atoms with van der Waals surface area (Å²) in [5, 5.41) is 6.35. The van der Waals surface area contributed by atoms with E-state index in [9.17, 15) is 0 Å². The number of halogens is 1. The molecule has 0 aliphatic carbocycles. The van der Waals surface area contributed by atoms with Gasteiger partial charge in [-0.05, 0) is 42.8 Å². The van der Waals surface area contributed by atoms with E-state index in [1.165, 1.54) is 0 Å². The lowest BCUT2D eigenvalue weighted by molar-refractivity contribution is 1.15. The monoisotopic (exact) mass is 369 g/mol. The number of hydrogen-bond acceptors (Lipinski definition) is 5. The van der Waals surface area contributed by atoms with Crippen molar-refractivity contribution in [3.8, 4) is 11.3 Å². The number of nitrogens with one attached hydrogen (secondary N) is 2. The fourth-order valence-corrected chi connectivity index (χ4v) is 2.67. The maximum Gasteiger partial charge on any atom is 0.224 e. The highest BCUT2D eigenvalue weighted by molar-refractivity contribution is 9.10. The topological polar surface area (TPSA) is 62.7 Å². The molecule has 3 aromatic rings. The SMILES string of the molecule is CNc1nc(Nc2ccc(Br)cc2C)cc(-c2cccnc2)n1. The van der Waals surface area contributed by atoms with E-state index in [0.29, 0.717) is 5.95 Å². The number of pyridine rings is 1. The highest BCUT2D eigenvalue weighted by atomic mass is 79.9. The second-order valence-electron chi connectivity index (χ2n) is 5.04. The number of benzene rings is 1. The molecular weight excluding hydrogens is 354 g/mol. The fourth-order valence-electron chi connectivity index (χ4n) is 2.19. The van der Waals surface area contributed by atoms with E-state index < -0.39 is 0 Å². The number of aromatic nitrogens is 3. The molecule has 0 aliphatic heterocycles. The molecule has 0 unspecified atom stereocenters. The van der Waals surface area contributed by atoms with Crippen molar-refractivity contribution in [3.63, 3.8) is 0 Å². The quantitative estimate of drug-likeness (QED) is 0.713.